The lowest BCUT2D eigenvalue weighted by Gasteiger charge is -2.16. The number of nitrogens with zero attached hydrogens (tertiary/aromatic N) is 1. The molecule has 7 heteroatoms. The van der Waals surface area contributed by atoms with E-state index in [0.29, 0.717) is 17.8 Å². The van der Waals surface area contributed by atoms with Crippen LogP contribution < -0.4 is 5.32 Å². The molecule has 2 N–H and O–H groups in total. The molecule has 1 aliphatic rings. The molecular formula is C13H16N2O4S. The summed E-state index contributed by atoms with van der Waals surface area (Å²) in [6.07, 6.45) is 4.26. The number of nitro benzene ring substituents is 1. The van der Waals surface area contributed by atoms with Crippen molar-refractivity contribution < 1.29 is 14.8 Å². The second-order valence-corrected chi connectivity index (χ2v) is 6.25. The molecule has 6 nitrogen and oxygen atoms in total. The molecule has 1 aromatic rings. The fourth-order valence-corrected chi connectivity index (χ4v) is 2.77. The molecule has 0 radical (unpaired) electrons. The van der Waals surface area contributed by atoms with E-state index in [4.69, 9.17) is 5.11 Å². The van der Waals surface area contributed by atoms with Gasteiger partial charge in [0.05, 0.1) is 10.5 Å². The first-order valence-electron chi connectivity index (χ1n) is 6.20. The van der Waals surface area contributed by atoms with Crippen LogP contribution in [0.1, 0.15) is 28.8 Å². The zero-order valence-electron chi connectivity index (χ0n) is 11.3. The lowest BCUT2D eigenvalue weighted by atomic mass is 10.1. The Bertz CT molecular complexity index is 570. The highest BCUT2D eigenvalue weighted by molar-refractivity contribution is 8.00. The third kappa shape index (κ3) is 2.87. The van der Waals surface area contributed by atoms with Gasteiger partial charge in [-0.15, -0.1) is 0 Å². The Morgan fingerprint density at radius 1 is 1.55 bits per heavy atom. The van der Waals surface area contributed by atoms with Gasteiger partial charge in [-0.1, -0.05) is 0 Å². The lowest BCUT2D eigenvalue weighted by molar-refractivity contribution is -0.385. The molecule has 1 saturated carbocycles. The Hall–Kier alpha value is -1.76. The number of carboxylic acid groups (broad SMARTS) is 1. The van der Waals surface area contributed by atoms with Crippen LogP contribution in [0.5, 0.6) is 0 Å². The molecule has 0 spiro atoms. The van der Waals surface area contributed by atoms with Crippen LogP contribution in [0.15, 0.2) is 12.1 Å². The SMILES string of the molecule is CSC1(CNc2cc(C(=O)O)cc([N+](=O)[O-])c2C)CC1. The molecule has 0 amide bonds. The molecule has 0 bridgehead atoms. The number of hydrogen-bond donors (Lipinski definition) is 2. The van der Waals surface area contributed by atoms with E-state index in [-0.39, 0.29) is 16.0 Å². The number of rotatable bonds is 6. The van der Waals surface area contributed by atoms with Gasteiger partial charge in [0.15, 0.2) is 0 Å². The quantitative estimate of drug-likeness (QED) is 0.619. The summed E-state index contributed by atoms with van der Waals surface area (Å²) < 4.78 is 0.195. The number of aromatic carboxylic acids is 1. The fourth-order valence-electron chi connectivity index (χ4n) is 2.04. The van der Waals surface area contributed by atoms with Crippen LogP contribution in [-0.2, 0) is 0 Å². The van der Waals surface area contributed by atoms with Crippen LogP contribution in [0.2, 0.25) is 0 Å². The Kier molecular flexibility index (Phi) is 3.89. The van der Waals surface area contributed by atoms with Crippen LogP contribution in [0.25, 0.3) is 0 Å². The predicted molar refractivity (Wildman–Crippen MR) is 78.8 cm³/mol. The molecule has 1 aliphatic carbocycles. The third-order valence-corrected chi connectivity index (χ3v) is 5.08. The number of nitrogens with one attached hydrogen (secondary N) is 1. The van der Waals surface area contributed by atoms with E-state index in [1.807, 2.05) is 6.26 Å². The maximum atomic E-state index is 11.1. The average molecular weight is 296 g/mol. The van der Waals surface area contributed by atoms with Crippen LogP contribution in [-0.4, -0.2) is 33.5 Å². The van der Waals surface area contributed by atoms with Gasteiger partial charge in [0, 0.05) is 28.6 Å². The summed E-state index contributed by atoms with van der Waals surface area (Å²) in [6.45, 7) is 2.32. The highest BCUT2D eigenvalue weighted by Gasteiger charge is 2.41. The number of carboxylic acids is 1. The fraction of sp³-hybridized carbons (Fsp3) is 0.462. The van der Waals surface area contributed by atoms with E-state index < -0.39 is 10.9 Å². The van der Waals surface area contributed by atoms with Gasteiger partial charge in [0.1, 0.15) is 0 Å². The number of hydrogen-bond acceptors (Lipinski definition) is 5. The Labute approximate surface area is 120 Å². The Balaban J connectivity index is 2.30. The Morgan fingerprint density at radius 3 is 2.65 bits per heavy atom. The van der Waals surface area contributed by atoms with E-state index >= 15 is 0 Å². The summed E-state index contributed by atoms with van der Waals surface area (Å²) in [5.41, 5.74) is 0.758. The van der Waals surface area contributed by atoms with Gasteiger partial charge in [-0.25, -0.2) is 4.79 Å². The molecule has 108 valence electrons. The number of thioether (sulfide) groups is 1. The molecule has 2 rings (SSSR count). The standard InChI is InChI=1S/C13H16N2O4S/c1-8-10(14-7-13(20-2)3-4-13)5-9(12(16)17)6-11(8)15(18)19/h5-6,14H,3-4,7H2,1-2H3,(H,16,17). The van der Waals surface area contributed by atoms with Gasteiger partial charge in [-0.3, -0.25) is 10.1 Å². The summed E-state index contributed by atoms with van der Waals surface area (Å²) in [5, 5.41) is 23.2. The first-order chi connectivity index (χ1) is 9.38. The van der Waals surface area contributed by atoms with Crippen molar-refractivity contribution in [2.75, 3.05) is 18.1 Å². The Morgan fingerprint density at radius 2 is 2.20 bits per heavy atom. The van der Waals surface area contributed by atoms with Crippen LogP contribution in [0, 0.1) is 17.0 Å². The number of anilines is 1. The van der Waals surface area contributed by atoms with Crippen molar-refractivity contribution in [2.24, 2.45) is 0 Å². The van der Waals surface area contributed by atoms with Gasteiger partial charge in [0.2, 0.25) is 0 Å². The maximum absolute atomic E-state index is 11.1. The molecule has 20 heavy (non-hydrogen) atoms. The van der Waals surface area contributed by atoms with Crippen molar-refractivity contribution >= 4 is 29.1 Å². The molecular weight excluding hydrogens is 280 g/mol. The van der Waals surface area contributed by atoms with Gasteiger partial charge in [-0.05, 0) is 32.1 Å². The van der Waals surface area contributed by atoms with Gasteiger partial charge in [-0.2, -0.15) is 11.8 Å². The molecule has 0 aromatic heterocycles. The minimum Gasteiger partial charge on any atom is -0.478 e. The maximum Gasteiger partial charge on any atom is 0.336 e. The van der Waals surface area contributed by atoms with E-state index in [1.54, 1.807) is 18.7 Å². The van der Waals surface area contributed by atoms with Crippen LogP contribution >= 0.6 is 11.8 Å². The molecule has 0 aliphatic heterocycles. The third-order valence-electron chi connectivity index (χ3n) is 3.67. The topological polar surface area (TPSA) is 92.5 Å². The molecule has 0 heterocycles. The number of carbonyl (C=O) groups is 1. The number of benzene rings is 1. The molecule has 0 unspecified atom stereocenters. The summed E-state index contributed by atoms with van der Waals surface area (Å²) in [6, 6.07) is 2.56. The second kappa shape index (κ2) is 5.32. The van der Waals surface area contributed by atoms with Crippen molar-refractivity contribution in [3.05, 3.63) is 33.4 Å². The largest absolute Gasteiger partial charge is 0.478 e. The van der Waals surface area contributed by atoms with Crippen molar-refractivity contribution in [3.63, 3.8) is 0 Å². The zero-order chi connectivity index (χ0) is 14.9. The van der Waals surface area contributed by atoms with E-state index in [2.05, 4.69) is 5.32 Å². The summed E-state index contributed by atoms with van der Waals surface area (Å²) in [7, 11) is 0. The van der Waals surface area contributed by atoms with E-state index in [1.165, 1.54) is 6.07 Å². The minimum absolute atomic E-state index is 0.0706. The zero-order valence-corrected chi connectivity index (χ0v) is 12.1. The summed E-state index contributed by atoms with van der Waals surface area (Å²) >= 11 is 1.77. The van der Waals surface area contributed by atoms with E-state index in [9.17, 15) is 14.9 Å². The minimum atomic E-state index is -1.16. The molecule has 0 atom stereocenters. The monoisotopic (exact) mass is 296 g/mol. The predicted octanol–water partition coefficient (Wildman–Crippen LogP) is 2.91. The molecule has 0 saturated heterocycles. The normalized spacial score (nSPS) is 15.7. The smallest absolute Gasteiger partial charge is 0.336 e. The lowest BCUT2D eigenvalue weighted by Crippen LogP contribution is -2.18. The highest BCUT2D eigenvalue weighted by Crippen LogP contribution is 2.47. The highest BCUT2D eigenvalue weighted by atomic mass is 32.2. The summed E-state index contributed by atoms with van der Waals surface area (Å²) in [4.78, 5) is 21.5. The van der Waals surface area contributed by atoms with Gasteiger partial charge >= 0.3 is 5.97 Å². The van der Waals surface area contributed by atoms with Crippen molar-refractivity contribution in [2.45, 2.75) is 24.5 Å². The second-order valence-electron chi connectivity index (χ2n) is 4.97. The first-order valence-corrected chi connectivity index (χ1v) is 7.42. The molecule has 1 aromatic carbocycles. The van der Waals surface area contributed by atoms with Crippen molar-refractivity contribution in [1.29, 1.82) is 0 Å². The van der Waals surface area contributed by atoms with Gasteiger partial charge < -0.3 is 10.4 Å². The van der Waals surface area contributed by atoms with Crippen molar-refractivity contribution in [3.8, 4) is 0 Å². The van der Waals surface area contributed by atoms with Crippen LogP contribution in [0.4, 0.5) is 11.4 Å². The van der Waals surface area contributed by atoms with E-state index in [0.717, 1.165) is 18.9 Å². The van der Waals surface area contributed by atoms with Gasteiger partial charge in [0.25, 0.3) is 5.69 Å². The average Bonchev–Trinajstić information content (AvgIpc) is 3.17. The summed E-state index contributed by atoms with van der Waals surface area (Å²) in [5.74, 6) is -1.16. The van der Waals surface area contributed by atoms with Crippen LogP contribution in [0.3, 0.4) is 0 Å². The first kappa shape index (κ1) is 14.6. The molecule has 1 fully saturated rings. The number of nitro groups is 1. The van der Waals surface area contributed by atoms with Crippen molar-refractivity contribution in [1.82, 2.24) is 0 Å².